The molecule has 0 aromatic carbocycles. The van der Waals surface area contributed by atoms with Crippen molar-refractivity contribution in [1.29, 1.82) is 0 Å². The van der Waals surface area contributed by atoms with Gasteiger partial charge in [-0.05, 0) is 26.3 Å². The van der Waals surface area contributed by atoms with Crippen LogP contribution in [0.2, 0.25) is 0 Å². The van der Waals surface area contributed by atoms with Crippen molar-refractivity contribution in [3.63, 3.8) is 0 Å². The fourth-order valence-electron chi connectivity index (χ4n) is 3.34. The number of thioether (sulfide) groups is 1. The van der Waals surface area contributed by atoms with Gasteiger partial charge in [0.1, 0.15) is 0 Å². The molecule has 2 atom stereocenters. The first-order valence-corrected chi connectivity index (χ1v) is 8.57. The summed E-state index contributed by atoms with van der Waals surface area (Å²) in [6, 6.07) is 0. The van der Waals surface area contributed by atoms with Crippen molar-refractivity contribution in [2.45, 2.75) is 24.1 Å². The maximum absolute atomic E-state index is 6.15. The highest BCUT2D eigenvalue weighted by atomic mass is 32.2. The van der Waals surface area contributed by atoms with Crippen molar-refractivity contribution in [3.05, 3.63) is 0 Å². The molecule has 2 N–H and O–H groups in total. The highest BCUT2D eigenvalue weighted by molar-refractivity contribution is 8.00. The van der Waals surface area contributed by atoms with E-state index in [4.69, 9.17) is 5.73 Å². The molecule has 2 aliphatic heterocycles. The van der Waals surface area contributed by atoms with Gasteiger partial charge < -0.3 is 10.6 Å². The van der Waals surface area contributed by atoms with Gasteiger partial charge in [-0.2, -0.15) is 11.8 Å². The molecule has 2 aliphatic rings. The Morgan fingerprint density at radius 2 is 1.95 bits per heavy atom. The zero-order chi connectivity index (χ0) is 13.9. The minimum absolute atomic E-state index is 0.276. The Morgan fingerprint density at radius 1 is 1.26 bits per heavy atom. The number of nitrogens with zero attached hydrogens (tertiary/aromatic N) is 3. The molecule has 19 heavy (non-hydrogen) atoms. The zero-order valence-electron chi connectivity index (χ0n) is 12.8. The van der Waals surface area contributed by atoms with Gasteiger partial charge in [-0.25, -0.2) is 0 Å². The van der Waals surface area contributed by atoms with Gasteiger partial charge in [0.25, 0.3) is 0 Å². The van der Waals surface area contributed by atoms with Crippen molar-refractivity contribution >= 4 is 11.8 Å². The molecule has 4 nitrogen and oxygen atoms in total. The van der Waals surface area contributed by atoms with Crippen LogP contribution in [0.4, 0.5) is 0 Å². The van der Waals surface area contributed by atoms with Crippen molar-refractivity contribution in [2.24, 2.45) is 5.73 Å². The quantitative estimate of drug-likeness (QED) is 0.791. The molecular weight excluding hydrogens is 256 g/mol. The van der Waals surface area contributed by atoms with E-state index in [0.29, 0.717) is 5.25 Å². The van der Waals surface area contributed by atoms with Crippen LogP contribution >= 0.6 is 11.8 Å². The third kappa shape index (κ3) is 3.45. The van der Waals surface area contributed by atoms with Gasteiger partial charge in [0.15, 0.2) is 0 Å². The second-order valence-electron chi connectivity index (χ2n) is 6.20. The van der Waals surface area contributed by atoms with Crippen molar-refractivity contribution in [1.82, 2.24) is 14.7 Å². The number of hydrogen-bond donors (Lipinski definition) is 1. The van der Waals surface area contributed by atoms with Gasteiger partial charge >= 0.3 is 0 Å². The Kier molecular flexibility index (Phi) is 5.55. The third-order valence-corrected chi connectivity index (χ3v) is 6.26. The van der Waals surface area contributed by atoms with Gasteiger partial charge in [0.2, 0.25) is 0 Å². The molecule has 0 spiro atoms. The zero-order valence-corrected chi connectivity index (χ0v) is 13.6. The lowest BCUT2D eigenvalue weighted by Crippen LogP contribution is -2.62. The summed E-state index contributed by atoms with van der Waals surface area (Å²) in [5.41, 5.74) is 6.42. The average Bonchev–Trinajstić information content (AvgIpc) is 2.79. The number of likely N-dealkylation sites (N-methyl/N-ethyl adjacent to an activating group) is 1. The van der Waals surface area contributed by atoms with E-state index in [1.807, 2.05) is 0 Å². The molecule has 2 fully saturated rings. The van der Waals surface area contributed by atoms with E-state index >= 15 is 0 Å². The van der Waals surface area contributed by atoms with E-state index in [2.05, 4.69) is 47.5 Å². The van der Waals surface area contributed by atoms with E-state index in [1.165, 1.54) is 44.9 Å². The van der Waals surface area contributed by atoms with Crippen LogP contribution in [-0.2, 0) is 0 Å². The number of hydrogen-bond acceptors (Lipinski definition) is 5. The monoisotopic (exact) mass is 286 g/mol. The fraction of sp³-hybridized carbons (Fsp3) is 1.00. The molecule has 0 aromatic heterocycles. The molecule has 5 heteroatoms. The molecule has 0 bridgehead atoms. The fourth-order valence-corrected chi connectivity index (χ4v) is 4.84. The van der Waals surface area contributed by atoms with Crippen LogP contribution in [0.15, 0.2) is 0 Å². The first-order chi connectivity index (χ1) is 9.08. The maximum Gasteiger partial charge on any atom is 0.0456 e. The summed E-state index contributed by atoms with van der Waals surface area (Å²) in [7, 11) is 4.30. The van der Waals surface area contributed by atoms with E-state index < -0.39 is 0 Å². The predicted octanol–water partition coefficient (Wildman–Crippen LogP) is 0.389. The lowest BCUT2D eigenvalue weighted by atomic mass is 9.89. The first kappa shape index (κ1) is 15.6. The molecular formula is C14H30N4S. The Morgan fingerprint density at radius 3 is 2.42 bits per heavy atom. The van der Waals surface area contributed by atoms with Gasteiger partial charge in [0, 0.05) is 56.6 Å². The van der Waals surface area contributed by atoms with Crippen LogP contribution < -0.4 is 5.73 Å². The third-order valence-electron chi connectivity index (χ3n) is 4.88. The van der Waals surface area contributed by atoms with E-state index in [-0.39, 0.29) is 5.54 Å². The molecule has 112 valence electrons. The summed E-state index contributed by atoms with van der Waals surface area (Å²) in [5, 5.41) is 0.686. The lowest BCUT2D eigenvalue weighted by molar-refractivity contribution is 0.0369. The van der Waals surface area contributed by atoms with Crippen LogP contribution in [0.1, 0.15) is 13.3 Å². The second kappa shape index (κ2) is 6.76. The largest absolute Gasteiger partial charge is 0.329 e. The Bertz CT molecular complexity index is 279. The first-order valence-electron chi connectivity index (χ1n) is 7.52. The van der Waals surface area contributed by atoms with Crippen LogP contribution in [0, 0.1) is 0 Å². The smallest absolute Gasteiger partial charge is 0.0456 e. The summed E-state index contributed by atoms with van der Waals surface area (Å²) in [5.74, 6) is 1.28. The van der Waals surface area contributed by atoms with Gasteiger partial charge in [-0.1, -0.05) is 6.92 Å². The lowest BCUT2D eigenvalue weighted by Gasteiger charge is -2.47. The number of rotatable bonds is 5. The highest BCUT2D eigenvalue weighted by Crippen LogP contribution is 2.39. The van der Waals surface area contributed by atoms with Crippen LogP contribution in [0.25, 0.3) is 0 Å². The topological polar surface area (TPSA) is 35.7 Å². The summed E-state index contributed by atoms with van der Waals surface area (Å²) < 4.78 is 0. The molecule has 2 heterocycles. The number of piperazine rings is 1. The molecule has 2 rings (SSSR count). The normalized spacial score (nSPS) is 34.3. The molecule has 0 amide bonds. The molecule has 2 unspecified atom stereocenters. The average molecular weight is 286 g/mol. The standard InChI is InChI=1S/C14H30N4S/c1-13-14(12-15,4-11-19-13)18-9-7-17(8-10-18)6-5-16(2)3/h13H,4-12,15H2,1-3H3. The van der Waals surface area contributed by atoms with E-state index in [1.54, 1.807) is 0 Å². The molecule has 0 saturated carbocycles. The molecule has 0 radical (unpaired) electrons. The molecule has 0 aliphatic carbocycles. The van der Waals surface area contributed by atoms with Crippen LogP contribution in [0.3, 0.4) is 0 Å². The summed E-state index contributed by atoms with van der Waals surface area (Å²) in [6.07, 6.45) is 1.27. The van der Waals surface area contributed by atoms with Gasteiger partial charge in [0.05, 0.1) is 0 Å². The minimum Gasteiger partial charge on any atom is -0.329 e. The maximum atomic E-state index is 6.15. The highest BCUT2D eigenvalue weighted by Gasteiger charge is 2.45. The summed E-state index contributed by atoms with van der Waals surface area (Å²) in [4.78, 5) is 7.54. The van der Waals surface area contributed by atoms with Gasteiger partial charge in [-0.15, -0.1) is 0 Å². The second-order valence-corrected chi connectivity index (χ2v) is 7.65. The van der Waals surface area contributed by atoms with E-state index in [9.17, 15) is 0 Å². The predicted molar refractivity (Wildman–Crippen MR) is 84.9 cm³/mol. The van der Waals surface area contributed by atoms with Crippen LogP contribution in [0.5, 0.6) is 0 Å². The van der Waals surface area contributed by atoms with Crippen LogP contribution in [-0.4, -0.2) is 91.2 Å². The molecule has 0 aromatic rings. The van der Waals surface area contributed by atoms with Gasteiger partial charge in [-0.3, -0.25) is 9.80 Å². The number of nitrogens with two attached hydrogens (primary N) is 1. The Hall–Kier alpha value is 0.190. The van der Waals surface area contributed by atoms with Crippen molar-refractivity contribution < 1.29 is 0 Å². The summed E-state index contributed by atoms with van der Waals surface area (Å²) in [6.45, 7) is 10.3. The van der Waals surface area contributed by atoms with Crippen molar-refractivity contribution in [2.75, 3.05) is 65.7 Å². The Balaban J connectivity index is 1.85. The SMILES string of the molecule is CC1SCCC1(CN)N1CCN(CCN(C)C)CC1. The summed E-state index contributed by atoms with van der Waals surface area (Å²) >= 11 is 2.10. The Labute approximate surface area is 122 Å². The van der Waals surface area contributed by atoms with Crippen molar-refractivity contribution in [3.8, 4) is 0 Å². The molecule has 2 saturated heterocycles. The minimum atomic E-state index is 0.276. The van der Waals surface area contributed by atoms with E-state index in [0.717, 1.165) is 13.1 Å².